The van der Waals surface area contributed by atoms with Crippen molar-refractivity contribution in [2.45, 2.75) is 13.5 Å². The van der Waals surface area contributed by atoms with E-state index in [0.717, 1.165) is 16.7 Å². The van der Waals surface area contributed by atoms with E-state index in [1.54, 1.807) is 6.92 Å². The van der Waals surface area contributed by atoms with Crippen molar-refractivity contribution < 1.29 is 9.53 Å². The maximum Gasteiger partial charge on any atom is 0.333 e. The molecular formula is C17H16O2. The summed E-state index contributed by atoms with van der Waals surface area (Å²) in [5.41, 5.74) is 3.60. The van der Waals surface area contributed by atoms with Crippen LogP contribution >= 0.6 is 0 Å². The first-order valence-electron chi connectivity index (χ1n) is 6.14. The molecule has 2 nitrogen and oxygen atoms in total. The van der Waals surface area contributed by atoms with E-state index in [1.807, 2.05) is 54.6 Å². The molecule has 0 aliphatic rings. The van der Waals surface area contributed by atoms with Crippen molar-refractivity contribution in [1.82, 2.24) is 0 Å². The van der Waals surface area contributed by atoms with Gasteiger partial charge in [0.15, 0.2) is 0 Å². The van der Waals surface area contributed by atoms with Gasteiger partial charge in [0, 0.05) is 5.57 Å². The lowest BCUT2D eigenvalue weighted by Crippen LogP contribution is -2.05. The number of ether oxygens (including phenoxy) is 1. The van der Waals surface area contributed by atoms with Crippen LogP contribution < -0.4 is 0 Å². The summed E-state index contributed by atoms with van der Waals surface area (Å²) in [6, 6.07) is 18.0. The molecule has 0 heterocycles. The van der Waals surface area contributed by atoms with Gasteiger partial charge in [0.05, 0.1) is 0 Å². The number of hydrogen-bond acceptors (Lipinski definition) is 2. The first kappa shape index (κ1) is 13.1. The van der Waals surface area contributed by atoms with Crippen LogP contribution in [0.1, 0.15) is 12.5 Å². The largest absolute Gasteiger partial charge is 0.457 e. The zero-order valence-electron chi connectivity index (χ0n) is 10.9. The number of esters is 1. The van der Waals surface area contributed by atoms with Gasteiger partial charge in [0.2, 0.25) is 0 Å². The van der Waals surface area contributed by atoms with Crippen LogP contribution in [0, 0.1) is 0 Å². The Bertz CT molecular complexity index is 585. The van der Waals surface area contributed by atoms with Crippen molar-refractivity contribution in [3.05, 3.63) is 72.3 Å². The van der Waals surface area contributed by atoms with Gasteiger partial charge >= 0.3 is 5.97 Å². The Kier molecular flexibility index (Phi) is 4.14. The molecule has 0 atom stereocenters. The second kappa shape index (κ2) is 6.01. The van der Waals surface area contributed by atoms with E-state index in [9.17, 15) is 4.79 Å². The topological polar surface area (TPSA) is 26.3 Å². The smallest absolute Gasteiger partial charge is 0.333 e. The molecule has 0 radical (unpaired) electrons. The van der Waals surface area contributed by atoms with Gasteiger partial charge in [-0.1, -0.05) is 61.2 Å². The highest BCUT2D eigenvalue weighted by Crippen LogP contribution is 2.24. The highest BCUT2D eigenvalue weighted by molar-refractivity contribution is 5.87. The lowest BCUT2D eigenvalue weighted by atomic mass is 10.0. The van der Waals surface area contributed by atoms with Gasteiger partial charge in [-0.2, -0.15) is 0 Å². The molecule has 0 spiro atoms. The Morgan fingerprint density at radius 3 is 2.37 bits per heavy atom. The maximum atomic E-state index is 11.4. The Morgan fingerprint density at radius 2 is 1.68 bits per heavy atom. The van der Waals surface area contributed by atoms with E-state index in [1.165, 1.54) is 0 Å². The summed E-state index contributed by atoms with van der Waals surface area (Å²) < 4.78 is 5.21. The third-order valence-corrected chi connectivity index (χ3v) is 2.81. The minimum Gasteiger partial charge on any atom is -0.457 e. The van der Waals surface area contributed by atoms with Crippen molar-refractivity contribution in [2.75, 3.05) is 0 Å². The fourth-order valence-corrected chi connectivity index (χ4v) is 1.81. The number of carbonyl (C=O) groups excluding carboxylic acids is 1. The number of hydrogen-bond donors (Lipinski definition) is 0. The molecule has 19 heavy (non-hydrogen) atoms. The quantitative estimate of drug-likeness (QED) is 0.608. The standard InChI is InChI=1S/C17H16O2/c1-13(2)17(18)19-12-15-10-6-7-11-16(15)14-8-4-3-5-9-14/h3-11H,1,12H2,2H3. The fourth-order valence-electron chi connectivity index (χ4n) is 1.81. The second-order valence-electron chi connectivity index (χ2n) is 4.38. The lowest BCUT2D eigenvalue weighted by Gasteiger charge is -2.10. The van der Waals surface area contributed by atoms with Gasteiger partial charge in [-0.3, -0.25) is 0 Å². The molecule has 0 unspecified atom stereocenters. The third kappa shape index (κ3) is 3.32. The Hall–Kier alpha value is -2.35. The van der Waals surface area contributed by atoms with E-state index in [4.69, 9.17) is 4.74 Å². The van der Waals surface area contributed by atoms with E-state index >= 15 is 0 Å². The third-order valence-electron chi connectivity index (χ3n) is 2.81. The van der Waals surface area contributed by atoms with Gasteiger partial charge < -0.3 is 4.74 Å². The van der Waals surface area contributed by atoms with Crippen LogP contribution in [0.2, 0.25) is 0 Å². The summed E-state index contributed by atoms with van der Waals surface area (Å²) in [7, 11) is 0. The second-order valence-corrected chi connectivity index (χ2v) is 4.38. The van der Waals surface area contributed by atoms with Crippen LogP contribution in [-0.2, 0) is 16.1 Å². The lowest BCUT2D eigenvalue weighted by molar-refractivity contribution is -0.140. The highest BCUT2D eigenvalue weighted by Gasteiger charge is 2.07. The molecule has 0 aliphatic carbocycles. The molecule has 0 N–H and O–H groups in total. The van der Waals surface area contributed by atoms with E-state index in [0.29, 0.717) is 5.57 Å². The monoisotopic (exact) mass is 252 g/mol. The van der Waals surface area contributed by atoms with Crippen molar-refractivity contribution in [3.63, 3.8) is 0 Å². The van der Waals surface area contributed by atoms with Crippen molar-refractivity contribution in [2.24, 2.45) is 0 Å². The molecular weight excluding hydrogens is 236 g/mol. The number of benzene rings is 2. The average Bonchev–Trinajstić information content (AvgIpc) is 2.46. The summed E-state index contributed by atoms with van der Waals surface area (Å²) in [5, 5.41) is 0. The highest BCUT2D eigenvalue weighted by atomic mass is 16.5. The molecule has 0 aliphatic heterocycles. The van der Waals surface area contributed by atoms with Crippen LogP contribution in [-0.4, -0.2) is 5.97 Å². The molecule has 2 heteroatoms. The Labute approximate surface area is 113 Å². The van der Waals surface area contributed by atoms with Crippen LogP contribution in [0.4, 0.5) is 0 Å². The summed E-state index contributed by atoms with van der Waals surface area (Å²) >= 11 is 0. The molecule has 0 fully saturated rings. The summed E-state index contributed by atoms with van der Waals surface area (Å²) in [6.45, 7) is 5.48. The maximum absolute atomic E-state index is 11.4. The molecule has 0 saturated heterocycles. The summed E-state index contributed by atoms with van der Waals surface area (Å²) in [5.74, 6) is -0.358. The predicted molar refractivity (Wildman–Crippen MR) is 76.5 cm³/mol. The van der Waals surface area contributed by atoms with Gasteiger partial charge in [-0.05, 0) is 23.6 Å². The molecule has 2 rings (SSSR count). The predicted octanol–water partition coefficient (Wildman–Crippen LogP) is 3.97. The zero-order chi connectivity index (χ0) is 13.7. The Morgan fingerprint density at radius 1 is 1.05 bits per heavy atom. The van der Waals surface area contributed by atoms with Crippen LogP contribution in [0.3, 0.4) is 0 Å². The number of carbonyl (C=O) groups is 1. The van der Waals surface area contributed by atoms with Gasteiger partial charge in [0.1, 0.15) is 6.61 Å². The molecule has 2 aromatic rings. The van der Waals surface area contributed by atoms with Gasteiger partial charge in [-0.15, -0.1) is 0 Å². The molecule has 96 valence electrons. The number of rotatable bonds is 4. The molecule has 0 bridgehead atoms. The van der Waals surface area contributed by atoms with Crippen LogP contribution in [0.25, 0.3) is 11.1 Å². The van der Waals surface area contributed by atoms with Crippen LogP contribution in [0.15, 0.2) is 66.7 Å². The van der Waals surface area contributed by atoms with Crippen molar-refractivity contribution >= 4 is 5.97 Å². The first-order valence-corrected chi connectivity index (χ1v) is 6.14. The normalized spacial score (nSPS) is 9.95. The first-order chi connectivity index (χ1) is 9.18. The molecule has 0 saturated carbocycles. The average molecular weight is 252 g/mol. The van der Waals surface area contributed by atoms with Crippen molar-refractivity contribution in [1.29, 1.82) is 0 Å². The van der Waals surface area contributed by atoms with Gasteiger partial charge in [-0.25, -0.2) is 4.79 Å². The Balaban J connectivity index is 2.22. The SMILES string of the molecule is C=C(C)C(=O)OCc1ccccc1-c1ccccc1. The molecule has 0 amide bonds. The zero-order valence-corrected chi connectivity index (χ0v) is 10.9. The van der Waals surface area contributed by atoms with Crippen molar-refractivity contribution in [3.8, 4) is 11.1 Å². The van der Waals surface area contributed by atoms with Gasteiger partial charge in [0.25, 0.3) is 0 Å². The summed E-state index contributed by atoms with van der Waals surface area (Å²) in [6.07, 6.45) is 0. The van der Waals surface area contributed by atoms with E-state index in [2.05, 4.69) is 6.58 Å². The molecule has 0 aromatic heterocycles. The van der Waals surface area contributed by atoms with E-state index < -0.39 is 0 Å². The minimum atomic E-state index is -0.358. The van der Waals surface area contributed by atoms with Crippen LogP contribution in [0.5, 0.6) is 0 Å². The fraction of sp³-hybridized carbons (Fsp3) is 0.118. The minimum absolute atomic E-state index is 0.261. The molecule has 2 aromatic carbocycles. The summed E-state index contributed by atoms with van der Waals surface area (Å²) in [4.78, 5) is 11.4. The van der Waals surface area contributed by atoms with E-state index in [-0.39, 0.29) is 12.6 Å².